The van der Waals surface area contributed by atoms with Crippen molar-refractivity contribution >= 4 is 0 Å². The Balaban J connectivity index is 2.91. The van der Waals surface area contributed by atoms with Crippen LogP contribution in [0.2, 0.25) is 0 Å². The molecule has 0 aliphatic heterocycles. The maximum Gasteiger partial charge on any atom is 0.421 e. The molecule has 4 nitrogen and oxygen atoms in total. The molecule has 0 unspecified atom stereocenters. The van der Waals surface area contributed by atoms with Gasteiger partial charge in [-0.1, -0.05) is 0 Å². The third-order valence-corrected chi connectivity index (χ3v) is 3.21. The Morgan fingerprint density at radius 3 is 2.20 bits per heavy atom. The van der Waals surface area contributed by atoms with Gasteiger partial charge in [0.15, 0.2) is 5.82 Å². The summed E-state index contributed by atoms with van der Waals surface area (Å²) in [5, 5.41) is 0. The van der Waals surface area contributed by atoms with Crippen LogP contribution in [0.4, 0.5) is 13.2 Å². The minimum absolute atomic E-state index is 0.149. The lowest BCUT2D eigenvalue weighted by Crippen LogP contribution is -2.30. The van der Waals surface area contributed by atoms with E-state index < -0.39 is 17.3 Å². The topological polar surface area (TPSA) is 47.8 Å². The van der Waals surface area contributed by atoms with Gasteiger partial charge >= 0.3 is 6.18 Å². The number of pyridine rings is 1. The molecule has 0 radical (unpaired) electrons. The lowest BCUT2D eigenvalue weighted by molar-refractivity contribution is -0.139. The number of rotatable bonds is 1. The number of nitrogens with zero attached hydrogens (tertiary/aromatic N) is 3. The van der Waals surface area contributed by atoms with Crippen LogP contribution in [-0.4, -0.2) is 14.5 Å². The van der Waals surface area contributed by atoms with E-state index in [1.54, 1.807) is 13.0 Å². The molecule has 20 heavy (non-hydrogen) atoms. The van der Waals surface area contributed by atoms with E-state index >= 15 is 0 Å². The highest BCUT2D eigenvalue weighted by atomic mass is 19.4. The molecule has 0 N–H and O–H groups in total. The van der Waals surface area contributed by atoms with Crippen LogP contribution in [0.1, 0.15) is 16.8 Å². The van der Waals surface area contributed by atoms with Crippen molar-refractivity contribution in [3.05, 3.63) is 45.6 Å². The van der Waals surface area contributed by atoms with Crippen molar-refractivity contribution in [1.29, 1.82) is 0 Å². The predicted molar refractivity (Wildman–Crippen MR) is 67.2 cm³/mol. The molecular weight excluding hydrogens is 271 g/mol. The first-order chi connectivity index (χ1) is 9.25. The Morgan fingerprint density at radius 1 is 1.15 bits per heavy atom. The molecule has 2 heterocycles. The van der Waals surface area contributed by atoms with Crippen molar-refractivity contribution in [3.8, 4) is 11.4 Å². The Hall–Kier alpha value is -2.18. The van der Waals surface area contributed by atoms with Gasteiger partial charge in [0.2, 0.25) is 0 Å². The summed E-state index contributed by atoms with van der Waals surface area (Å²) < 4.78 is 40.2. The molecule has 0 aromatic carbocycles. The van der Waals surface area contributed by atoms with Gasteiger partial charge in [-0.05, 0) is 25.5 Å². The third-order valence-electron chi connectivity index (χ3n) is 3.21. The van der Waals surface area contributed by atoms with Crippen molar-refractivity contribution in [3.63, 3.8) is 0 Å². The summed E-state index contributed by atoms with van der Waals surface area (Å²) in [7, 11) is 1.30. The molecule has 0 atom stereocenters. The summed E-state index contributed by atoms with van der Waals surface area (Å²) in [4.78, 5) is 19.8. The molecule has 2 aromatic rings. The van der Waals surface area contributed by atoms with Crippen molar-refractivity contribution in [2.45, 2.75) is 20.0 Å². The van der Waals surface area contributed by atoms with Gasteiger partial charge in [-0.15, -0.1) is 0 Å². The number of alkyl halides is 3. The minimum Gasteiger partial charge on any atom is -0.315 e. The summed E-state index contributed by atoms with van der Waals surface area (Å²) in [5.41, 5.74) is -1.75. The number of halogens is 3. The zero-order valence-corrected chi connectivity index (χ0v) is 11.1. The first-order valence-corrected chi connectivity index (χ1v) is 5.80. The average molecular weight is 283 g/mol. The van der Waals surface area contributed by atoms with E-state index in [1.807, 2.05) is 0 Å². The van der Waals surface area contributed by atoms with Crippen molar-refractivity contribution in [2.24, 2.45) is 7.05 Å². The second kappa shape index (κ2) is 4.73. The average Bonchev–Trinajstić information content (AvgIpc) is 2.36. The largest absolute Gasteiger partial charge is 0.421 e. The van der Waals surface area contributed by atoms with E-state index in [0.29, 0.717) is 5.69 Å². The fourth-order valence-electron chi connectivity index (χ4n) is 2.14. The van der Waals surface area contributed by atoms with Gasteiger partial charge in [0, 0.05) is 30.7 Å². The van der Waals surface area contributed by atoms with Crippen LogP contribution in [0.25, 0.3) is 11.4 Å². The van der Waals surface area contributed by atoms with Crippen LogP contribution in [0, 0.1) is 13.8 Å². The number of hydrogen-bond acceptors (Lipinski definition) is 3. The van der Waals surface area contributed by atoms with E-state index in [2.05, 4.69) is 9.97 Å². The quantitative estimate of drug-likeness (QED) is 0.807. The van der Waals surface area contributed by atoms with Crippen LogP contribution in [-0.2, 0) is 13.2 Å². The van der Waals surface area contributed by atoms with Crippen LogP contribution in [0.5, 0.6) is 0 Å². The first kappa shape index (κ1) is 14.2. The Labute approximate surface area is 112 Å². The molecular formula is C13H12F3N3O. The van der Waals surface area contributed by atoms with Gasteiger partial charge in [-0.3, -0.25) is 4.79 Å². The molecule has 0 fully saturated rings. The number of hydrogen-bond donors (Lipinski definition) is 0. The summed E-state index contributed by atoms with van der Waals surface area (Å²) in [6.45, 7) is 2.84. The minimum atomic E-state index is -4.71. The van der Waals surface area contributed by atoms with Crippen LogP contribution in [0.3, 0.4) is 0 Å². The molecule has 2 rings (SSSR count). The highest BCUT2D eigenvalue weighted by Gasteiger charge is 2.38. The van der Waals surface area contributed by atoms with E-state index in [1.165, 1.54) is 26.4 Å². The van der Waals surface area contributed by atoms with Crippen molar-refractivity contribution in [1.82, 2.24) is 14.5 Å². The van der Waals surface area contributed by atoms with Crippen LogP contribution >= 0.6 is 0 Å². The van der Waals surface area contributed by atoms with Gasteiger partial charge in [0.05, 0.1) is 0 Å². The summed E-state index contributed by atoms with van der Waals surface area (Å²) >= 11 is 0. The monoisotopic (exact) mass is 283 g/mol. The fraction of sp³-hybridized carbons (Fsp3) is 0.308. The fourth-order valence-corrected chi connectivity index (χ4v) is 2.14. The maximum absolute atomic E-state index is 13.1. The second-order valence-corrected chi connectivity index (χ2v) is 4.39. The lowest BCUT2D eigenvalue weighted by Gasteiger charge is -2.17. The van der Waals surface area contributed by atoms with Gasteiger partial charge < -0.3 is 4.57 Å². The van der Waals surface area contributed by atoms with E-state index in [9.17, 15) is 18.0 Å². The molecule has 0 amide bonds. The Bertz CT molecular complexity index is 706. The molecule has 0 aliphatic rings. The SMILES string of the molecule is Cc1c(-c2ncccn2)c(C)n(C)c(=O)c1C(F)(F)F. The van der Waals surface area contributed by atoms with E-state index in [4.69, 9.17) is 0 Å². The zero-order chi connectivity index (χ0) is 15.1. The predicted octanol–water partition coefficient (Wildman–Crippen LogP) is 2.48. The van der Waals surface area contributed by atoms with E-state index in [0.717, 1.165) is 4.57 Å². The molecule has 0 spiro atoms. The summed E-state index contributed by atoms with van der Waals surface area (Å²) in [6, 6.07) is 1.57. The van der Waals surface area contributed by atoms with Gasteiger partial charge in [0.1, 0.15) is 5.56 Å². The van der Waals surface area contributed by atoms with Crippen molar-refractivity contribution < 1.29 is 13.2 Å². The van der Waals surface area contributed by atoms with Crippen molar-refractivity contribution in [2.75, 3.05) is 0 Å². The molecule has 0 bridgehead atoms. The zero-order valence-electron chi connectivity index (χ0n) is 11.1. The molecule has 7 heteroatoms. The normalized spacial score (nSPS) is 11.7. The second-order valence-electron chi connectivity index (χ2n) is 4.39. The lowest BCUT2D eigenvalue weighted by atomic mass is 10.0. The molecule has 0 aliphatic carbocycles. The highest BCUT2D eigenvalue weighted by molar-refractivity contribution is 5.64. The molecule has 2 aromatic heterocycles. The third kappa shape index (κ3) is 2.19. The Kier molecular flexibility index (Phi) is 3.37. The van der Waals surface area contributed by atoms with Gasteiger partial charge in [-0.2, -0.15) is 13.2 Å². The summed E-state index contributed by atoms with van der Waals surface area (Å²) in [6.07, 6.45) is -1.82. The highest BCUT2D eigenvalue weighted by Crippen LogP contribution is 2.34. The number of aromatic nitrogens is 3. The molecule has 0 saturated heterocycles. The maximum atomic E-state index is 13.1. The van der Waals surface area contributed by atoms with Crippen LogP contribution < -0.4 is 5.56 Å². The molecule has 0 saturated carbocycles. The molecule has 106 valence electrons. The standard InChI is InChI=1S/C13H12F3N3O/c1-7-9(11-17-5-4-6-18-11)8(2)19(3)12(20)10(7)13(14,15)16/h4-6H,1-3H3. The van der Waals surface area contributed by atoms with Crippen LogP contribution in [0.15, 0.2) is 23.3 Å². The Morgan fingerprint density at radius 2 is 1.70 bits per heavy atom. The van der Waals surface area contributed by atoms with E-state index in [-0.39, 0.29) is 17.0 Å². The summed E-state index contributed by atoms with van der Waals surface area (Å²) in [5.74, 6) is 0.170. The van der Waals surface area contributed by atoms with Gasteiger partial charge in [0.25, 0.3) is 5.56 Å². The smallest absolute Gasteiger partial charge is 0.315 e. The van der Waals surface area contributed by atoms with Gasteiger partial charge in [-0.25, -0.2) is 9.97 Å². The first-order valence-electron chi connectivity index (χ1n) is 5.80.